The maximum atomic E-state index is 10.6. The third-order valence-corrected chi connectivity index (χ3v) is 6.33. The highest BCUT2D eigenvalue weighted by atomic mass is 16.5. The van der Waals surface area contributed by atoms with E-state index in [2.05, 4.69) is 27.8 Å². The summed E-state index contributed by atoms with van der Waals surface area (Å²) in [6.07, 6.45) is 7.15. The number of hydrogen-bond donors (Lipinski definition) is 1. The van der Waals surface area contributed by atoms with Crippen LogP contribution in [0.2, 0.25) is 0 Å². The van der Waals surface area contributed by atoms with Gasteiger partial charge in [-0.05, 0) is 58.6 Å². The van der Waals surface area contributed by atoms with Crippen molar-refractivity contribution >= 4 is 0 Å². The van der Waals surface area contributed by atoms with Crippen LogP contribution in [0.5, 0.6) is 11.5 Å². The average molecular weight is 420 g/mol. The molecule has 0 aromatic heterocycles. The summed E-state index contributed by atoms with van der Waals surface area (Å²) >= 11 is 0. The Bertz CT molecular complexity index is 620. The second kappa shape index (κ2) is 12.5. The minimum absolute atomic E-state index is 0.319. The second-order valence-electron chi connectivity index (χ2n) is 8.94. The monoisotopic (exact) mass is 419 g/mol. The molecule has 0 radical (unpaired) electrons. The van der Waals surface area contributed by atoms with Crippen molar-refractivity contribution in [2.75, 3.05) is 66.6 Å². The molecule has 0 amide bonds. The zero-order valence-corrected chi connectivity index (χ0v) is 19.0. The number of aliphatic hydroxyl groups is 1. The van der Waals surface area contributed by atoms with Crippen molar-refractivity contribution in [2.24, 2.45) is 0 Å². The third-order valence-electron chi connectivity index (χ3n) is 6.33. The van der Waals surface area contributed by atoms with Gasteiger partial charge in [-0.25, -0.2) is 0 Å². The molecule has 1 aromatic rings. The Morgan fingerprint density at radius 1 is 0.900 bits per heavy atom. The molecule has 2 aliphatic rings. The largest absolute Gasteiger partial charge is 0.497 e. The molecule has 6 nitrogen and oxygen atoms in total. The van der Waals surface area contributed by atoms with Crippen molar-refractivity contribution in [3.8, 4) is 11.5 Å². The van der Waals surface area contributed by atoms with Crippen LogP contribution in [0, 0.1) is 0 Å². The molecule has 3 rings (SSSR count). The maximum Gasteiger partial charge on any atom is 0.127 e. The molecule has 2 aliphatic heterocycles. The Kier molecular flexibility index (Phi) is 9.72. The second-order valence-corrected chi connectivity index (χ2v) is 8.94. The third kappa shape index (κ3) is 7.73. The lowest BCUT2D eigenvalue weighted by Crippen LogP contribution is -2.37. The van der Waals surface area contributed by atoms with E-state index in [1.165, 1.54) is 44.1 Å². The van der Waals surface area contributed by atoms with E-state index in [4.69, 9.17) is 9.47 Å². The Labute approximate surface area is 182 Å². The quantitative estimate of drug-likeness (QED) is 0.699. The minimum Gasteiger partial charge on any atom is -0.497 e. The summed E-state index contributed by atoms with van der Waals surface area (Å²) in [5.41, 5.74) is 1.17. The molecule has 2 fully saturated rings. The molecular formula is C24H41N3O3. The first-order valence-electron chi connectivity index (χ1n) is 11.7. The van der Waals surface area contributed by atoms with Gasteiger partial charge in [-0.3, -0.25) is 4.90 Å². The fraction of sp³-hybridized carbons (Fsp3) is 0.750. The van der Waals surface area contributed by atoms with Gasteiger partial charge in [0.05, 0.1) is 7.11 Å². The standard InChI is InChI=1S/C24H41N3O3/c1-25-11-8-14-27(16-15-25)18-21-9-10-23(29-2)17-24(21)30-20-22(28)19-26-12-6-4-3-5-7-13-26/h9-10,17,22,28H,3-8,11-16,18-20H2,1-2H3. The molecule has 30 heavy (non-hydrogen) atoms. The first-order valence-corrected chi connectivity index (χ1v) is 11.7. The lowest BCUT2D eigenvalue weighted by atomic mass is 10.1. The normalized spacial score (nSPS) is 21.4. The number of methoxy groups -OCH3 is 1. The van der Waals surface area contributed by atoms with Gasteiger partial charge in [0, 0.05) is 37.8 Å². The van der Waals surface area contributed by atoms with Crippen molar-refractivity contribution in [3.63, 3.8) is 0 Å². The van der Waals surface area contributed by atoms with Gasteiger partial charge >= 0.3 is 0 Å². The van der Waals surface area contributed by atoms with Crippen LogP contribution in [0.15, 0.2) is 18.2 Å². The molecule has 1 unspecified atom stereocenters. The molecule has 170 valence electrons. The number of nitrogens with zero attached hydrogens (tertiary/aromatic N) is 3. The number of benzene rings is 1. The number of β-amino-alcohol motifs (C(OH)–C–C–N with tert-alkyl or cyclic N) is 1. The molecule has 2 saturated heterocycles. The number of ether oxygens (including phenoxy) is 2. The summed E-state index contributed by atoms with van der Waals surface area (Å²) in [4.78, 5) is 7.29. The number of aliphatic hydroxyl groups excluding tert-OH is 1. The lowest BCUT2D eigenvalue weighted by Gasteiger charge is -2.27. The van der Waals surface area contributed by atoms with Crippen molar-refractivity contribution < 1.29 is 14.6 Å². The fourth-order valence-electron chi connectivity index (χ4n) is 4.46. The first-order chi connectivity index (χ1) is 14.6. The lowest BCUT2D eigenvalue weighted by molar-refractivity contribution is 0.0647. The molecule has 1 N–H and O–H groups in total. The number of likely N-dealkylation sites (tertiary alicyclic amines) is 1. The molecular weight excluding hydrogens is 378 g/mol. The van der Waals surface area contributed by atoms with E-state index < -0.39 is 6.10 Å². The molecule has 0 aliphatic carbocycles. The van der Waals surface area contributed by atoms with E-state index in [9.17, 15) is 5.11 Å². The summed E-state index contributed by atoms with van der Waals surface area (Å²) in [5.74, 6) is 1.63. The van der Waals surface area contributed by atoms with Gasteiger partial charge in [-0.15, -0.1) is 0 Å². The first kappa shape index (κ1) is 23.3. The van der Waals surface area contributed by atoms with E-state index in [1.807, 2.05) is 12.1 Å². The van der Waals surface area contributed by atoms with E-state index in [0.29, 0.717) is 13.2 Å². The zero-order valence-electron chi connectivity index (χ0n) is 19.0. The van der Waals surface area contributed by atoms with Crippen molar-refractivity contribution in [1.29, 1.82) is 0 Å². The van der Waals surface area contributed by atoms with E-state index in [0.717, 1.165) is 57.3 Å². The van der Waals surface area contributed by atoms with E-state index >= 15 is 0 Å². The Balaban J connectivity index is 1.56. The van der Waals surface area contributed by atoms with Gasteiger partial charge in [0.2, 0.25) is 0 Å². The van der Waals surface area contributed by atoms with Crippen LogP contribution in [0.1, 0.15) is 44.1 Å². The maximum absolute atomic E-state index is 10.6. The van der Waals surface area contributed by atoms with E-state index in [-0.39, 0.29) is 0 Å². The highest BCUT2D eigenvalue weighted by Gasteiger charge is 2.17. The van der Waals surface area contributed by atoms with E-state index in [1.54, 1.807) is 7.11 Å². The average Bonchev–Trinajstić information content (AvgIpc) is 2.93. The van der Waals surface area contributed by atoms with Crippen molar-refractivity contribution in [1.82, 2.24) is 14.7 Å². The smallest absolute Gasteiger partial charge is 0.127 e. The zero-order chi connectivity index (χ0) is 21.2. The predicted octanol–water partition coefficient (Wildman–Crippen LogP) is 2.84. The highest BCUT2D eigenvalue weighted by Crippen LogP contribution is 2.27. The van der Waals surface area contributed by atoms with Gasteiger partial charge in [0.1, 0.15) is 24.2 Å². The Hall–Kier alpha value is -1.34. The van der Waals surface area contributed by atoms with Crippen molar-refractivity contribution in [3.05, 3.63) is 23.8 Å². The van der Waals surface area contributed by atoms with Gasteiger partial charge in [0.15, 0.2) is 0 Å². The summed E-state index contributed by atoms with van der Waals surface area (Å²) < 4.78 is 11.6. The SMILES string of the molecule is COc1ccc(CN2CCCN(C)CC2)c(OCC(O)CN2CCCCCCC2)c1. The van der Waals surface area contributed by atoms with Crippen LogP contribution in [0.3, 0.4) is 0 Å². The van der Waals surface area contributed by atoms with Crippen LogP contribution in [0.4, 0.5) is 0 Å². The van der Waals surface area contributed by atoms with Gasteiger partial charge < -0.3 is 24.4 Å². The molecule has 6 heteroatoms. The molecule has 1 atom stereocenters. The Morgan fingerprint density at radius 2 is 1.63 bits per heavy atom. The summed E-state index contributed by atoms with van der Waals surface area (Å²) in [5, 5.41) is 10.6. The Morgan fingerprint density at radius 3 is 2.40 bits per heavy atom. The van der Waals surface area contributed by atoms with Gasteiger partial charge in [-0.2, -0.15) is 0 Å². The summed E-state index contributed by atoms with van der Waals surface area (Å²) in [6, 6.07) is 6.07. The molecule has 2 heterocycles. The molecule has 0 bridgehead atoms. The summed E-state index contributed by atoms with van der Waals surface area (Å²) in [6.45, 7) is 8.49. The highest BCUT2D eigenvalue weighted by molar-refractivity contribution is 5.40. The van der Waals surface area contributed by atoms with Crippen LogP contribution in [0.25, 0.3) is 0 Å². The minimum atomic E-state index is -0.477. The number of hydrogen-bond acceptors (Lipinski definition) is 6. The van der Waals surface area contributed by atoms with Gasteiger partial charge in [0.25, 0.3) is 0 Å². The molecule has 1 aromatic carbocycles. The van der Waals surface area contributed by atoms with Crippen LogP contribution < -0.4 is 9.47 Å². The molecule has 0 spiro atoms. The predicted molar refractivity (Wildman–Crippen MR) is 121 cm³/mol. The van der Waals surface area contributed by atoms with Crippen LogP contribution >= 0.6 is 0 Å². The van der Waals surface area contributed by atoms with Crippen molar-refractivity contribution in [2.45, 2.75) is 51.2 Å². The van der Waals surface area contributed by atoms with Crippen LogP contribution in [-0.4, -0.2) is 92.5 Å². The number of rotatable bonds is 8. The fourth-order valence-corrected chi connectivity index (χ4v) is 4.46. The summed E-state index contributed by atoms with van der Waals surface area (Å²) in [7, 11) is 3.87. The van der Waals surface area contributed by atoms with Crippen LogP contribution in [-0.2, 0) is 6.54 Å². The molecule has 0 saturated carbocycles. The topological polar surface area (TPSA) is 48.4 Å². The number of likely N-dealkylation sites (N-methyl/N-ethyl adjacent to an activating group) is 1. The van der Waals surface area contributed by atoms with Gasteiger partial charge in [-0.1, -0.05) is 25.3 Å².